The Labute approximate surface area is 144 Å². The number of benzene rings is 2. The monoisotopic (exact) mass is 320 g/mol. The van der Waals surface area contributed by atoms with Crippen molar-refractivity contribution in [2.24, 2.45) is 0 Å². The predicted octanol–water partition coefficient (Wildman–Crippen LogP) is 4.11. The molecule has 2 rings (SSSR count). The molecule has 0 fully saturated rings. The van der Waals surface area contributed by atoms with Gasteiger partial charge in [0.25, 0.3) is 0 Å². The summed E-state index contributed by atoms with van der Waals surface area (Å²) in [6.45, 7) is 0. The highest BCUT2D eigenvalue weighted by molar-refractivity contribution is 6.04. The molecular formula is C21H24N2O. The topological polar surface area (TPSA) is 23.6 Å². The number of carbonyl (C=O) groups excluding carboxylic acids is 1. The Morgan fingerprint density at radius 1 is 0.667 bits per heavy atom. The maximum Gasteiger partial charge on any atom is 0.178 e. The van der Waals surface area contributed by atoms with Gasteiger partial charge in [-0.1, -0.05) is 36.4 Å². The summed E-state index contributed by atoms with van der Waals surface area (Å²) in [6, 6.07) is 16.1. The number of carbonyl (C=O) groups is 1. The second-order valence-electron chi connectivity index (χ2n) is 6.04. The molecule has 0 aliphatic rings. The first kappa shape index (κ1) is 17.5. The lowest BCUT2D eigenvalue weighted by Gasteiger charge is -2.11. The van der Waals surface area contributed by atoms with E-state index in [0.29, 0.717) is 0 Å². The Morgan fingerprint density at radius 2 is 1.00 bits per heavy atom. The Hall–Kier alpha value is -2.81. The van der Waals surface area contributed by atoms with Gasteiger partial charge in [0.1, 0.15) is 0 Å². The van der Waals surface area contributed by atoms with E-state index < -0.39 is 0 Å². The molecule has 3 nitrogen and oxygen atoms in total. The summed E-state index contributed by atoms with van der Waals surface area (Å²) in [5.74, 6) is -0.0247. The van der Waals surface area contributed by atoms with Gasteiger partial charge in [0.15, 0.2) is 5.78 Å². The first-order valence-electron chi connectivity index (χ1n) is 7.90. The summed E-state index contributed by atoms with van der Waals surface area (Å²) in [4.78, 5) is 16.0. The SMILES string of the molecule is CN(C)c1ccc(C=CC(=O)C=Cc2ccc(N(C)C)cc2)cc1. The smallest absolute Gasteiger partial charge is 0.178 e. The van der Waals surface area contributed by atoms with Crippen LogP contribution in [-0.4, -0.2) is 34.0 Å². The molecule has 0 aliphatic carbocycles. The average molecular weight is 320 g/mol. The van der Waals surface area contributed by atoms with Crippen molar-refractivity contribution < 1.29 is 4.79 Å². The molecule has 3 heteroatoms. The van der Waals surface area contributed by atoms with E-state index in [2.05, 4.69) is 0 Å². The fourth-order valence-electron chi connectivity index (χ4n) is 2.18. The average Bonchev–Trinajstić information content (AvgIpc) is 2.58. The van der Waals surface area contributed by atoms with E-state index in [-0.39, 0.29) is 5.78 Å². The van der Waals surface area contributed by atoms with Crippen LogP contribution >= 0.6 is 0 Å². The molecule has 0 atom stereocenters. The minimum atomic E-state index is -0.0247. The van der Waals surface area contributed by atoms with Crippen LogP contribution in [-0.2, 0) is 4.79 Å². The largest absolute Gasteiger partial charge is 0.378 e. The van der Waals surface area contributed by atoms with Crippen molar-refractivity contribution in [1.82, 2.24) is 0 Å². The molecule has 0 N–H and O–H groups in total. The lowest BCUT2D eigenvalue weighted by atomic mass is 10.1. The van der Waals surface area contributed by atoms with Gasteiger partial charge in [-0.15, -0.1) is 0 Å². The van der Waals surface area contributed by atoms with Crippen molar-refractivity contribution in [3.63, 3.8) is 0 Å². The number of hydrogen-bond donors (Lipinski definition) is 0. The Bertz CT molecular complexity index is 660. The zero-order valence-corrected chi connectivity index (χ0v) is 14.7. The molecule has 0 aromatic heterocycles. The van der Waals surface area contributed by atoms with Crippen LogP contribution in [0.25, 0.3) is 12.2 Å². The number of hydrogen-bond acceptors (Lipinski definition) is 3. The first-order chi connectivity index (χ1) is 11.5. The molecule has 0 amide bonds. The number of rotatable bonds is 6. The van der Waals surface area contributed by atoms with Crippen molar-refractivity contribution in [2.75, 3.05) is 38.0 Å². The number of ketones is 1. The molecule has 2 aromatic carbocycles. The molecule has 0 heterocycles. The van der Waals surface area contributed by atoms with Crippen LogP contribution in [0, 0.1) is 0 Å². The van der Waals surface area contributed by atoms with Crippen LogP contribution < -0.4 is 9.80 Å². The van der Waals surface area contributed by atoms with Crippen LogP contribution in [0.1, 0.15) is 11.1 Å². The van der Waals surface area contributed by atoms with Crippen molar-refractivity contribution in [2.45, 2.75) is 0 Å². The third-order valence-corrected chi connectivity index (χ3v) is 3.70. The van der Waals surface area contributed by atoms with Gasteiger partial charge in [-0.3, -0.25) is 4.79 Å². The highest BCUT2D eigenvalue weighted by atomic mass is 16.1. The fraction of sp³-hybridized carbons (Fsp3) is 0.190. The number of allylic oxidation sites excluding steroid dienone is 2. The lowest BCUT2D eigenvalue weighted by Crippen LogP contribution is -2.07. The van der Waals surface area contributed by atoms with E-state index in [0.717, 1.165) is 22.5 Å². The third kappa shape index (κ3) is 5.13. The molecular weight excluding hydrogens is 296 g/mol. The summed E-state index contributed by atoms with van der Waals surface area (Å²) in [5.41, 5.74) is 4.30. The van der Waals surface area contributed by atoms with Gasteiger partial charge in [-0.05, 0) is 47.5 Å². The highest BCUT2D eigenvalue weighted by Gasteiger charge is 1.96. The van der Waals surface area contributed by atoms with Gasteiger partial charge in [0.2, 0.25) is 0 Å². The molecule has 2 aromatic rings. The van der Waals surface area contributed by atoms with Gasteiger partial charge in [-0.2, -0.15) is 0 Å². The molecule has 0 radical (unpaired) electrons. The van der Waals surface area contributed by atoms with Crippen molar-refractivity contribution in [3.8, 4) is 0 Å². The standard InChI is InChI=1S/C21H24N2O/c1-22(2)19-11-5-17(6-12-19)9-15-21(24)16-10-18-7-13-20(14-8-18)23(3)4/h5-16H,1-4H3. The summed E-state index contributed by atoms with van der Waals surface area (Å²) in [7, 11) is 8.02. The minimum absolute atomic E-state index is 0.0247. The van der Waals surface area contributed by atoms with E-state index in [1.165, 1.54) is 0 Å². The van der Waals surface area contributed by atoms with E-state index in [1.54, 1.807) is 12.2 Å². The van der Waals surface area contributed by atoms with Gasteiger partial charge < -0.3 is 9.80 Å². The van der Waals surface area contributed by atoms with Crippen LogP contribution in [0.4, 0.5) is 11.4 Å². The first-order valence-corrected chi connectivity index (χ1v) is 7.90. The van der Waals surface area contributed by atoms with Crippen LogP contribution in [0.2, 0.25) is 0 Å². The lowest BCUT2D eigenvalue weighted by molar-refractivity contribution is -0.110. The van der Waals surface area contributed by atoms with E-state index in [9.17, 15) is 4.79 Å². The summed E-state index contributed by atoms with van der Waals surface area (Å²) < 4.78 is 0. The minimum Gasteiger partial charge on any atom is -0.378 e. The van der Waals surface area contributed by atoms with Crippen LogP contribution in [0.5, 0.6) is 0 Å². The normalized spacial score (nSPS) is 11.2. The summed E-state index contributed by atoms with van der Waals surface area (Å²) in [6.07, 6.45) is 6.85. The van der Waals surface area contributed by atoms with E-state index in [4.69, 9.17) is 0 Å². The van der Waals surface area contributed by atoms with Crippen LogP contribution in [0.3, 0.4) is 0 Å². The molecule has 0 spiro atoms. The summed E-state index contributed by atoms with van der Waals surface area (Å²) >= 11 is 0. The molecule has 0 aliphatic heterocycles. The molecule has 0 bridgehead atoms. The fourth-order valence-corrected chi connectivity index (χ4v) is 2.18. The Morgan fingerprint density at radius 3 is 1.29 bits per heavy atom. The zero-order valence-electron chi connectivity index (χ0n) is 14.7. The van der Waals surface area contributed by atoms with Crippen molar-refractivity contribution in [3.05, 3.63) is 71.8 Å². The van der Waals surface area contributed by atoms with Crippen molar-refractivity contribution >= 4 is 29.3 Å². The quantitative estimate of drug-likeness (QED) is 0.748. The second-order valence-corrected chi connectivity index (χ2v) is 6.04. The van der Waals surface area contributed by atoms with E-state index >= 15 is 0 Å². The zero-order chi connectivity index (χ0) is 17.5. The van der Waals surface area contributed by atoms with Gasteiger partial charge in [-0.25, -0.2) is 0 Å². The second kappa shape index (κ2) is 8.16. The van der Waals surface area contributed by atoms with Gasteiger partial charge in [0.05, 0.1) is 0 Å². The molecule has 24 heavy (non-hydrogen) atoms. The Balaban J connectivity index is 1.96. The molecule has 0 unspecified atom stereocenters. The van der Waals surface area contributed by atoms with Gasteiger partial charge >= 0.3 is 0 Å². The van der Waals surface area contributed by atoms with Gasteiger partial charge in [0, 0.05) is 39.6 Å². The number of nitrogens with zero attached hydrogens (tertiary/aromatic N) is 2. The molecule has 0 saturated carbocycles. The molecule has 0 saturated heterocycles. The van der Waals surface area contributed by atoms with Crippen LogP contribution in [0.15, 0.2) is 60.7 Å². The Kier molecular flexibility index (Phi) is 5.96. The number of anilines is 2. The van der Waals surface area contributed by atoms with E-state index in [1.807, 2.05) is 98.7 Å². The highest BCUT2D eigenvalue weighted by Crippen LogP contribution is 2.14. The maximum absolute atomic E-state index is 11.9. The predicted molar refractivity (Wildman–Crippen MR) is 105 cm³/mol. The maximum atomic E-state index is 11.9. The molecule has 124 valence electrons. The van der Waals surface area contributed by atoms with Crippen molar-refractivity contribution in [1.29, 1.82) is 0 Å². The summed E-state index contributed by atoms with van der Waals surface area (Å²) in [5, 5.41) is 0. The third-order valence-electron chi connectivity index (χ3n) is 3.70.